The fraction of sp³-hybridized carbons (Fsp3) is 0.393. The Morgan fingerprint density at radius 2 is 1.70 bits per heavy atom. The summed E-state index contributed by atoms with van der Waals surface area (Å²) in [6.07, 6.45) is 1.88. The number of amides is 1. The Morgan fingerprint density at radius 3 is 2.32 bits per heavy atom. The second kappa shape index (κ2) is 12.3. The number of hydrogen-bond acceptors (Lipinski definition) is 7. The highest BCUT2D eigenvalue weighted by Gasteiger charge is 2.25. The van der Waals surface area contributed by atoms with Crippen molar-refractivity contribution in [1.82, 2.24) is 19.6 Å². The van der Waals surface area contributed by atoms with Crippen LogP contribution in [0.1, 0.15) is 24.2 Å². The lowest BCUT2D eigenvalue weighted by molar-refractivity contribution is 0.0746. The lowest BCUT2D eigenvalue weighted by atomic mass is 10.1. The van der Waals surface area contributed by atoms with Gasteiger partial charge in [-0.05, 0) is 64.3 Å². The number of ether oxygens (including phenoxy) is 1. The fourth-order valence-corrected chi connectivity index (χ4v) is 5.36. The number of benzene rings is 2. The van der Waals surface area contributed by atoms with Gasteiger partial charge in [0.1, 0.15) is 5.75 Å². The maximum Gasteiger partial charge on any atom is 0.287 e. The van der Waals surface area contributed by atoms with Gasteiger partial charge in [0.2, 0.25) is 0 Å². The first-order valence-electron chi connectivity index (χ1n) is 12.6. The Kier molecular flexibility index (Phi) is 8.89. The third kappa shape index (κ3) is 6.72. The van der Waals surface area contributed by atoms with Crippen LogP contribution in [0, 0.1) is 0 Å². The van der Waals surface area contributed by atoms with E-state index in [1.165, 1.54) is 4.68 Å². The van der Waals surface area contributed by atoms with E-state index in [2.05, 4.69) is 14.9 Å². The van der Waals surface area contributed by atoms with Crippen molar-refractivity contribution in [2.75, 3.05) is 57.5 Å². The lowest BCUT2D eigenvalue weighted by Gasteiger charge is -2.36. The van der Waals surface area contributed by atoms with Crippen molar-refractivity contribution < 1.29 is 9.53 Å². The molecule has 0 spiro atoms. The molecule has 2 aromatic carbocycles. The molecule has 37 heavy (non-hydrogen) atoms. The van der Waals surface area contributed by atoms with E-state index in [4.69, 9.17) is 4.74 Å². The van der Waals surface area contributed by atoms with Crippen molar-refractivity contribution in [2.24, 2.45) is 0 Å². The van der Waals surface area contributed by atoms with Crippen LogP contribution < -0.4 is 15.2 Å². The zero-order valence-electron chi connectivity index (χ0n) is 22.0. The average Bonchev–Trinajstić information content (AvgIpc) is 2.90. The molecule has 2 heterocycles. The van der Waals surface area contributed by atoms with E-state index in [-0.39, 0.29) is 17.6 Å². The van der Waals surface area contributed by atoms with E-state index < -0.39 is 0 Å². The van der Waals surface area contributed by atoms with Gasteiger partial charge in [0.25, 0.3) is 11.5 Å². The molecule has 1 aliphatic heterocycles. The molecular weight excluding hydrogens is 486 g/mol. The van der Waals surface area contributed by atoms with Gasteiger partial charge >= 0.3 is 0 Å². The van der Waals surface area contributed by atoms with Gasteiger partial charge in [-0.15, -0.1) is 11.8 Å². The Morgan fingerprint density at radius 1 is 1.03 bits per heavy atom. The molecule has 196 valence electrons. The fourth-order valence-electron chi connectivity index (χ4n) is 4.15. The van der Waals surface area contributed by atoms with Gasteiger partial charge in [-0.3, -0.25) is 9.59 Å². The summed E-state index contributed by atoms with van der Waals surface area (Å²) < 4.78 is 7.15. The molecule has 0 radical (unpaired) electrons. The smallest absolute Gasteiger partial charge is 0.287 e. The third-order valence-electron chi connectivity index (χ3n) is 6.08. The SMILES string of the molecule is CC(C)Oc1ccc(C(=O)N2CCN(c3cnn(-c4ccccc4)c(=O)c3SCCN(C)C)CC2)cc1. The Hall–Kier alpha value is -3.30. The second-order valence-electron chi connectivity index (χ2n) is 9.53. The topological polar surface area (TPSA) is 70.9 Å². The maximum absolute atomic E-state index is 13.5. The van der Waals surface area contributed by atoms with Crippen LogP contribution in [0.2, 0.25) is 0 Å². The molecule has 8 nitrogen and oxygen atoms in total. The summed E-state index contributed by atoms with van der Waals surface area (Å²) in [6.45, 7) is 7.24. The highest BCUT2D eigenvalue weighted by molar-refractivity contribution is 7.99. The van der Waals surface area contributed by atoms with E-state index in [0.29, 0.717) is 36.6 Å². The molecule has 4 rings (SSSR count). The monoisotopic (exact) mass is 521 g/mol. The zero-order valence-corrected chi connectivity index (χ0v) is 22.8. The number of thioether (sulfide) groups is 1. The standard InChI is InChI=1S/C28H35N5O3S/c1-21(2)36-24-12-10-22(11-13-24)27(34)32-16-14-31(15-17-32)25-20-29-33(23-8-6-5-7-9-23)28(35)26(25)37-19-18-30(3)4/h5-13,20-21H,14-19H2,1-4H3. The number of aromatic nitrogens is 2. The second-order valence-corrected chi connectivity index (χ2v) is 10.6. The van der Waals surface area contributed by atoms with Crippen LogP contribution in [0.4, 0.5) is 5.69 Å². The van der Waals surface area contributed by atoms with Gasteiger partial charge in [-0.1, -0.05) is 18.2 Å². The summed E-state index contributed by atoms with van der Waals surface area (Å²) in [5, 5.41) is 4.50. The minimum absolute atomic E-state index is 0.00829. The number of nitrogens with zero attached hydrogens (tertiary/aromatic N) is 5. The van der Waals surface area contributed by atoms with E-state index in [0.717, 1.165) is 29.4 Å². The van der Waals surface area contributed by atoms with E-state index in [1.54, 1.807) is 18.0 Å². The van der Waals surface area contributed by atoms with Gasteiger partial charge in [0.15, 0.2) is 0 Å². The van der Waals surface area contributed by atoms with Crippen LogP contribution in [-0.2, 0) is 0 Å². The average molecular weight is 522 g/mol. The minimum atomic E-state index is -0.116. The molecule has 0 unspecified atom stereocenters. The Bertz CT molecular complexity index is 1240. The van der Waals surface area contributed by atoms with Crippen molar-refractivity contribution >= 4 is 23.4 Å². The summed E-state index contributed by atoms with van der Waals surface area (Å²) in [4.78, 5) is 33.5. The predicted molar refractivity (Wildman–Crippen MR) is 149 cm³/mol. The normalized spacial score (nSPS) is 13.9. The summed E-state index contributed by atoms with van der Waals surface area (Å²) in [6, 6.07) is 16.8. The number of rotatable bonds is 9. The minimum Gasteiger partial charge on any atom is -0.491 e. The van der Waals surface area contributed by atoms with Gasteiger partial charge in [0.05, 0.1) is 28.6 Å². The highest BCUT2D eigenvalue weighted by atomic mass is 32.2. The highest BCUT2D eigenvalue weighted by Crippen LogP contribution is 2.28. The van der Waals surface area contributed by atoms with Gasteiger partial charge in [-0.2, -0.15) is 9.78 Å². The number of piperazine rings is 1. The molecule has 0 aliphatic carbocycles. The first kappa shape index (κ1) is 26.8. The Labute approximate surface area is 222 Å². The molecule has 1 aliphatic rings. The first-order valence-corrected chi connectivity index (χ1v) is 13.6. The lowest BCUT2D eigenvalue weighted by Crippen LogP contribution is -2.49. The summed E-state index contributed by atoms with van der Waals surface area (Å²) in [5.41, 5.74) is 2.11. The molecule has 0 saturated carbocycles. The van der Waals surface area contributed by atoms with E-state index >= 15 is 0 Å². The zero-order chi connectivity index (χ0) is 26.4. The van der Waals surface area contributed by atoms with Gasteiger partial charge in [-0.25, -0.2) is 0 Å². The predicted octanol–water partition coefficient (Wildman–Crippen LogP) is 3.64. The quantitative estimate of drug-likeness (QED) is 0.398. The first-order chi connectivity index (χ1) is 17.8. The molecule has 9 heteroatoms. The molecule has 0 N–H and O–H groups in total. The Balaban J connectivity index is 1.49. The number of carbonyl (C=O) groups is 1. The van der Waals surface area contributed by atoms with Crippen LogP contribution in [0.5, 0.6) is 5.75 Å². The van der Waals surface area contributed by atoms with Crippen molar-refractivity contribution in [3.8, 4) is 11.4 Å². The summed E-state index contributed by atoms with van der Waals surface area (Å²) in [5.74, 6) is 1.56. The van der Waals surface area contributed by atoms with Crippen LogP contribution in [0.3, 0.4) is 0 Å². The third-order valence-corrected chi connectivity index (χ3v) is 7.14. The molecule has 1 saturated heterocycles. The van der Waals surface area contributed by atoms with Gasteiger partial charge < -0.3 is 19.4 Å². The van der Waals surface area contributed by atoms with Gasteiger partial charge in [0, 0.05) is 44.0 Å². The van der Waals surface area contributed by atoms with E-state index in [9.17, 15) is 9.59 Å². The van der Waals surface area contributed by atoms with Crippen LogP contribution in [0.15, 0.2) is 70.5 Å². The molecule has 1 amide bonds. The molecule has 1 aromatic heterocycles. The maximum atomic E-state index is 13.5. The molecule has 3 aromatic rings. The molecular formula is C28H35N5O3S. The molecule has 0 bridgehead atoms. The largest absolute Gasteiger partial charge is 0.491 e. The van der Waals surface area contributed by atoms with Crippen LogP contribution >= 0.6 is 11.8 Å². The number of hydrogen-bond donors (Lipinski definition) is 0. The summed E-state index contributed by atoms with van der Waals surface area (Å²) in [7, 11) is 4.05. The van der Waals surface area contributed by atoms with Crippen LogP contribution in [-0.4, -0.2) is 84.2 Å². The number of para-hydroxylation sites is 1. The van der Waals surface area contributed by atoms with Crippen LogP contribution in [0.25, 0.3) is 5.69 Å². The van der Waals surface area contributed by atoms with Crippen molar-refractivity contribution in [3.63, 3.8) is 0 Å². The van der Waals surface area contributed by atoms with Crippen molar-refractivity contribution in [1.29, 1.82) is 0 Å². The van der Waals surface area contributed by atoms with Crippen molar-refractivity contribution in [3.05, 3.63) is 76.7 Å². The number of carbonyl (C=O) groups excluding carboxylic acids is 1. The van der Waals surface area contributed by atoms with E-state index in [1.807, 2.05) is 87.4 Å². The summed E-state index contributed by atoms with van der Waals surface area (Å²) >= 11 is 1.56. The number of anilines is 1. The van der Waals surface area contributed by atoms with Crippen molar-refractivity contribution in [2.45, 2.75) is 24.8 Å². The molecule has 0 atom stereocenters. The molecule has 1 fully saturated rings.